The number of nitro benzene ring substituents is 2. The van der Waals surface area contributed by atoms with E-state index in [2.05, 4.69) is 11.6 Å². The predicted molar refractivity (Wildman–Crippen MR) is 118 cm³/mol. The van der Waals surface area contributed by atoms with Crippen molar-refractivity contribution < 1.29 is 14.6 Å². The van der Waals surface area contributed by atoms with E-state index in [9.17, 15) is 25.0 Å². The second-order valence-electron chi connectivity index (χ2n) is 8.14. The van der Waals surface area contributed by atoms with Crippen LogP contribution in [0.25, 0.3) is 10.9 Å². The normalized spacial score (nSPS) is 17.0. The van der Waals surface area contributed by atoms with E-state index in [1.54, 1.807) is 11.0 Å². The summed E-state index contributed by atoms with van der Waals surface area (Å²) in [6.45, 7) is 6.79. The lowest BCUT2D eigenvalue weighted by molar-refractivity contribution is -0.393. The van der Waals surface area contributed by atoms with E-state index in [1.165, 1.54) is 6.07 Å². The number of carbonyl (C=O) groups is 1. The molecule has 0 bridgehead atoms. The molecule has 1 atom stereocenters. The number of hydrogen-bond acceptors (Lipinski definition) is 6. The van der Waals surface area contributed by atoms with Gasteiger partial charge in [0.05, 0.1) is 32.9 Å². The Morgan fingerprint density at radius 2 is 1.97 bits per heavy atom. The van der Waals surface area contributed by atoms with Crippen molar-refractivity contribution >= 4 is 33.9 Å². The molecule has 2 aliphatic heterocycles. The third-order valence-electron chi connectivity index (χ3n) is 6.02. The summed E-state index contributed by atoms with van der Waals surface area (Å²) in [7, 11) is 0. The van der Waals surface area contributed by atoms with E-state index in [-0.39, 0.29) is 22.8 Å². The Morgan fingerprint density at radius 3 is 2.66 bits per heavy atom. The Bertz CT molecular complexity index is 1340. The first-order valence-electron chi connectivity index (χ1n) is 10.1. The van der Waals surface area contributed by atoms with Crippen LogP contribution in [-0.4, -0.2) is 38.7 Å². The molecule has 0 aliphatic carbocycles. The Labute approximate surface area is 182 Å². The van der Waals surface area contributed by atoms with Crippen molar-refractivity contribution in [1.82, 2.24) is 9.88 Å². The van der Waals surface area contributed by atoms with Crippen LogP contribution in [0.15, 0.2) is 48.6 Å². The number of hydrogen-bond donors (Lipinski definition) is 1. The van der Waals surface area contributed by atoms with Crippen molar-refractivity contribution in [2.45, 2.75) is 19.5 Å². The van der Waals surface area contributed by atoms with E-state index < -0.39 is 16.0 Å². The van der Waals surface area contributed by atoms with Gasteiger partial charge in [0, 0.05) is 24.5 Å². The van der Waals surface area contributed by atoms with E-state index in [4.69, 9.17) is 0 Å². The van der Waals surface area contributed by atoms with Crippen molar-refractivity contribution in [2.75, 3.05) is 18.0 Å². The number of anilines is 1. The number of nitrogens with one attached hydrogen (secondary N) is 1. The maximum absolute atomic E-state index is 13.3. The largest absolute Gasteiger partial charge is 0.349 e. The minimum absolute atomic E-state index is 0.117. The van der Waals surface area contributed by atoms with Crippen LogP contribution in [0.1, 0.15) is 34.7 Å². The van der Waals surface area contributed by atoms with Crippen molar-refractivity contribution in [3.05, 3.63) is 85.6 Å². The van der Waals surface area contributed by atoms with Crippen LogP contribution in [0, 0.1) is 20.2 Å². The standard InChI is InChI=1S/C22H19N5O5/c1-12(2)11-25-17-6-4-3-5-15(17)22(28)24-8-7-14-16-9-13(26(29)30)10-18(27(31)32)19(16)23-20(14)21(24)25/h3-6,9-10,21,23H,1,7-8,11H2,2H3. The molecule has 10 nitrogen and oxygen atoms in total. The Hall–Kier alpha value is -4.21. The van der Waals surface area contributed by atoms with Gasteiger partial charge in [0.25, 0.3) is 17.3 Å². The van der Waals surface area contributed by atoms with Crippen LogP contribution in [0.2, 0.25) is 0 Å². The third-order valence-corrected chi connectivity index (χ3v) is 6.02. The highest BCUT2D eigenvalue weighted by Crippen LogP contribution is 2.45. The fourth-order valence-electron chi connectivity index (χ4n) is 4.78. The Morgan fingerprint density at radius 1 is 1.22 bits per heavy atom. The van der Waals surface area contributed by atoms with Gasteiger partial charge in [-0.3, -0.25) is 25.0 Å². The number of aromatic nitrogens is 1. The summed E-state index contributed by atoms with van der Waals surface area (Å²) in [5.74, 6) is -0.117. The number of para-hydroxylation sites is 1. The summed E-state index contributed by atoms with van der Waals surface area (Å²) in [4.78, 5) is 42.1. The summed E-state index contributed by atoms with van der Waals surface area (Å²) in [6.07, 6.45) is -0.0946. The molecule has 0 fully saturated rings. The zero-order valence-electron chi connectivity index (χ0n) is 17.2. The van der Waals surface area contributed by atoms with Gasteiger partial charge >= 0.3 is 0 Å². The molecular weight excluding hydrogens is 414 g/mol. The molecule has 0 saturated carbocycles. The molecule has 1 N–H and O–H groups in total. The van der Waals surface area contributed by atoms with Gasteiger partial charge in [-0.25, -0.2) is 0 Å². The maximum Gasteiger partial charge on any atom is 0.300 e. The summed E-state index contributed by atoms with van der Waals surface area (Å²) in [6, 6.07) is 9.67. The summed E-state index contributed by atoms with van der Waals surface area (Å²) < 4.78 is 0. The quantitative estimate of drug-likeness (QED) is 0.375. The molecule has 1 amide bonds. The van der Waals surface area contributed by atoms with Gasteiger partial charge in [0.15, 0.2) is 0 Å². The van der Waals surface area contributed by atoms with E-state index >= 15 is 0 Å². The molecule has 0 saturated heterocycles. The SMILES string of the molecule is C=C(C)CN1c2ccccc2C(=O)N2CCc3c([nH]c4c([N+](=O)[O-])cc([N+](=O)[O-])cc34)C21. The van der Waals surface area contributed by atoms with Gasteiger partial charge in [-0.1, -0.05) is 24.3 Å². The summed E-state index contributed by atoms with van der Waals surface area (Å²) in [5, 5.41) is 23.5. The third kappa shape index (κ3) is 2.76. The zero-order chi connectivity index (χ0) is 22.7. The lowest BCUT2D eigenvalue weighted by atomic mass is 9.95. The molecule has 162 valence electrons. The van der Waals surface area contributed by atoms with Gasteiger partial charge < -0.3 is 14.8 Å². The van der Waals surface area contributed by atoms with Crippen molar-refractivity contribution in [2.24, 2.45) is 0 Å². The molecule has 1 unspecified atom stereocenters. The monoisotopic (exact) mass is 433 g/mol. The highest BCUT2D eigenvalue weighted by Gasteiger charge is 2.43. The molecule has 3 heterocycles. The van der Waals surface area contributed by atoms with E-state index in [0.717, 1.165) is 22.9 Å². The number of H-pyrrole nitrogens is 1. The number of aromatic amines is 1. The minimum atomic E-state index is -0.630. The zero-order valence-corrected chi connectivity index (χ0v) is 17.2. The van der Waals surface area contributed by atoms with Crippen molar-refractivity contribution in [3.8, 4) is 0 Å². The van der Waals surface area contributed by atoms with Crippen LogP contribution in [0.5, 0.6) is 0 Å². The molecule has 0 radical (unpaired) electrons. The predicted octanol–water partition coefficient (Wildman–Crippen LogP) is 4.08. The van der Waals surface area contributed by atoms with Crippen LogP contribution in [0.4, 0.5) is 17.1 Å². The number of carbonyl (C=O) groups excluding carboxylic acids is 1. The second kappa shape index (κ2) is 6.91. The molecule has 32 heavy (non-hydrogen) atoms. The molecule has 5 rings (SSSR count). The van der Waals surface area contributed by atoms with Crippen LogP contribution in [0.3, 0.4) is 0 Å². The lowest BCUT2D eigenvalue weighted by Gasteiger charge is -2.47. The topological polar surface area (TPSA) is 126 Å². The van der Waals surface area contributed by atoms with E-state index in [0.29, 0.717) is 36.2 Å². The fourth-order valence-corrected chi connectivity index (χ4v) is 4.78. The Kier molecular flexibility index (Phi) is 4.26. The maximum atomic E-state index is 13.3. The highest BCUT2D eigenvalue weighted by molar-refractivity contribution is 6.03. The highest BCUT2D eigenvalue weighted by atomic mass is 16.6. The second-order valence-corrected chi connectivity index (χ2v) is 8.14. The molecule has 0 spiro atoms. The number of benzene rings is 2. The van der Waals surface area contributed by atoms with Gasteiger partial charge in [0.1, 0.15) is 11.7 Å². The number of amides is 1. The van der Waals surface area contributed by atoms with Crippen molar-refractivity contribution in [3.63, 3.8) is 0 Å². The van der Waals surface area contributed by atoms with Gasteiger partial charge in [-0.2, -0.15) is 0 Å². The molecular formula is C22H19N5O5. The van der Waals surface area contributed by atoms with Crippen LogP contribution < -0.4 is 4.90 Å². The molecule has 10 heteroatoms. The number of rotatable bonds is 4. The first-order valence-corrected chi connectivity index (χ1v) is 10.1. The first-order chi connectivity index (χ1) is 15.3. The molecule has 2 aliphatic rings. The molecule has 3 aromatic rings. The van der Waals surface area contributed by atoms with Gasteiger partial charge in [-0.05, 0) is 31.0 Å². The van der Waals surface area contributed by atoms with Crippen LogP contribution in [-0.2, 0) is 6.42 Å². The average molecular weight is 433 g/mol. The number of non-ortho nitro benzene ring substituents is 2. The first kappa shape index (κ1) is 19.7. The average Bonchev–Trinajstić information content (AvgIpc) is 3.14. The molecule has 2 aromatic carbocycles. The van der Waals surface area contributed by atoms with Crippen molar-refractivity contribution in [1.29, 1.82) is 0 Å². The Balaban J connectivity index is 1.78. The number of fused-ring (bicyclic) bond motifs is 6. The van der Waals surface area contributed by atoms with E-state index in [1.807, 2.05) is 30.0 Å². The van der Waals surface area contributed by atoms with Gasteiger partial charge in [0.2, 0.25) is 0 Å². The lowest BCUT2D eigenvalue weighted by Crippen LogP contribution is -2.52. The smallest absolute Gasteiger partial charge is 0.300 e. The molecule has 1 aromatic heterocycles. The van der Waals surface area contributed by atoms with Crippen LogP contribution >= 0.6 is 0 Å². The summed E-state index contributed by atoms with van der Waals surface area (Å²) >= 11 is 0. The minimum Gasteiger partial charge on any atom is -0.349 e. The fraction of sp³-hybridized carbons (Fsp3) is 0.227. The van der Waals surface area contributed by atoms with Gasteiger partial charge in [-0.15, -0.1) is 0 Å². The number of nitrogens with zero attached hydrogens (tertiary/aromatic N) is 4. The number of nitro groups is 2. The summed E-state index contributed by atoms with van der Waals surface area (Å²) in [5.41, 5.74) is 3.17.